The predicted molar refractivity (Wildman–Crippen MR) is 78.2 cm³/mol. The Morgan fingerprint density at radius 3 is 2.39 bits per heavy atom. The maximum atomic E-state index is 13.8. The Morgan fingerprint density at radius 1 is 1.11 bits per heavy atom. The van der Waals surface area contributed by atoms with Gasteiger partial charge in [0.05, 0.1) is 5.69 Å². The highest BCUT2D eigenvalue weighted by atomic mass is 79.9. The van der Waals surface area contributed by atoms with Crippen LogP contribution in [-0.4, -0.2) is 14.1 Å². The fraction of sp³-hybridized carbons (Fsp3) is 0.143. The van der Waals surface area contributed by atoms with E-state index in [2.05, 4.69) is 21.2 Å². The van der Waals surface area contributed by atoms with Crippen LogP contribution in [0.1, 0.15) is 0 Å². The first-order chi connectivity index (χ1) is 8.61. The van der Waals surface area contributed by atoms with Gasteiger partial charge < -0.3 is 10.2 Å². The minimum Gasteiger partial charge on any atom is -0.388 e. The van der Waals surface area contributed by atoms with Crippen LogP contribution in [0.3, 0.4) is 0 Å². The van der Waals surface area contributed by atoms with Gasteiger partial charge in [0, 0.05) is 29.9 Å². The molecule has 0 aliphatic rings. The minimum absolute atomic E-state index is 0.238. The summed E-state index contributed by atoms with van der Waals surface area (Å²) < 4.78 is 14.6. The fourth-order valence-corrected chi connectivity index (χ4v) is 2.08. The highest BCUT2D eigenvalue weighted by molar-refractivity contribution is 9.10. The average molecular weight is 309 g/mol. The van der Waals surface area contributed by atoms with Gasteiger partial charge in [0.15, 0.2) is 0 Å². The number of anilines is 3. The van der Waals surface area contributed by atoms with Crippen LogP contribution in [0.5, 0.6) is 0 Å². The molecule has 0 aliphatic heterocycles. The second-order valence-electron chi connectivity index (χ2n) is 3.95. The summed E-state index contributed by atoms with van der Waals surface area (Å²) in [7, 11) is 3.71. The number of benzene rings is 2. The van der Waals surface area contributed by atoms with E-state index in [0.717, 1.165) is 15.8 Å². The van der Waals surface area contributed by atoms with Gasteiger partial charge in [-0.1, -0.05) is 15.9 Å². The molecule has 2 aromatic rings. The lowest BCUT2D eigenvalue weighted by molar-refractivity contribution is 0.627. The maximum Gasteiger partial charge on any atom is 0.146 e. The van der Waals surface area contributed by atoms with Gasteiger partial charge in [-0.25, -0.2) is 4.39 Å². The van der Waals surface area contributed by atoms with Crippen molar-refractivity contribution in [2.45, 2.75) is 0 Å². The predicted octanol–water partition coefficient (Wildman–Crippen LogP) is 4.40. The van der Waals surface area contributed by atoms with Gasteiger partial charge >= 0.3 is 0 Å². The zero-order valence-corrected chi connectivity index (χ0v) is 11.8. The van der Waals surface area contributed by atoms with Crippen LogP contribution in [0.25, 0.3) is 0 Å². The zero-order valence-electron chi connectivity index (χ0n) is 10.2. The van der Waals surface area contributed by atoms with E-state index < -0.39 is 0 Å². The van der Waals surface area contributed by atoms with Gasteiger partial charge in [-0.05, 0) is 42.5 Å². The molecule has 0 spiro atoms. The number of hydrogen-bond acceptors (Lipinski definition) is 2. The molecule has 0 radical (unpaired) electrons. The summed E-state index contributed by atoms with van der Waals surface area (Å²) >= 11 is 3.36. The van der Waals surface area contributed by atoms with Crippen LogP contribution in [0.2, 0.25) is 0 Å². The Labute approximate surface area is 115 Å². The summed E-state index contributed by atoms with van der Waals surface area (Å²) in [5, 5.41) is 3.05. The zero-order chi connectivity index (χ0) is 13.1. The first kappa shape index (κ1) is 12.9. The number of hydrogen-bond donors (Lipinski definition) is 1. The second-order valence-corrected chi connectivity index (χ2v) is 4.87. The van der Waals surface area contributed by atoms with Crippen LogP contribution in [0.4, 0.5) is 21.5 Å². The molecule has 2 aromatic carbocycles. The third-order valence-electron chi connectivity index (χ3n) is 2.81. The quantitative estimate of drug-likeness (QED) is 0.904. The molecule has 0 fully saturated rings. The van der Waals surface area contributed by atoms with Gasteiger partial charge in [-0.3, -0.25) is 0 Å². The van der Waals surface area contributed by atoms with Crippen molar-refractivity contribution >= 4 is 33.0 Å². The molecule has 0 saturated carbocycles. The van der Waals surface area contributed by atoms with Crippen molar-refractivity contribution in [3.05, 3.63) is 52.8 Å². The Kier molecular flexibility index (Phi) is 3.87. The van der Waals surface area contributed by atoms with Gasteiger partial charge in [0.1, 0.15) is 5.82 Å². The van der Waals surface area contributed by atoms with E-state index in [9.17, 15) is 4.39 Å². The number of halogens is 2. The Hall–Kier alpha value is -1.55. The van der Waals surface area contributed by atoms with E-state index in [1.54, 1.807) is 12.1 Å². The highest BCUT2D eigenvalue weighted by Gasteiger charge is 2.09. The van der Waals surface area contributed by atoms with Gasteiger partial charge in [0.25, 0.3) is 0 Å². The lowest BCUT2D eigenvalue weighted by Crippen LogP contribution is -2.11. The van der Waals surface area contributed by atoms with Crippen LogP contribution < -0.4 is 10.2 Å². The standard InChI is InChI=1S/C14H14BrFN2/c1-17-11-4-6-12(7-5-11)18(2)14-9-10(15)3-8-13(14)16/h3-9,17H,1-2H3. The van der Waals surface area contributed by atoms with Crippen molar-refractivity contribution in [2.75, 3.05) is 24.3 Å². The molecule has 4 heteroatoms. The molecule has 1 N–H and O–H groups in total. The first-order valence-corrected chi connectivity index (χ1v) is 6.37. The van der Waals surface area contributed by atoms with Crippen molar-refractivity contribution in [3.63, 3.8) is 0 Å². The first-order valence-electron chi connectivity index (χ1n) is 5.58. The SMILES string of the molecule is CNc1ccc(N(C)c2cc(Br)ccc2F)cc1. The molecule has 0 aromatic heterocycles. The topological polar surface area (TPSA) is 15.3 Å². The van der Waals surface area contributed by atoms with Crippen molar-refractivity contribution in [1.29, 1.82) is 0 Å². The average Bonchev–Trinajstić information content (AvgIpc) is 2.41. The van der Waals surface area contributed by atoms with Crippen molar-refractivity contribution in [3.8, 4) is 0 Å². The van der Waals surface area contributed by atoms with Crippen LogP contribution in [-0.2, 0) is 0 Å². The van der Waals surface area contributed by atoms with Crippen LogP contribution >= 0.6 is 15.9 Å². The van der Waals surface area contributed by atoms with E-state index in [1.165, 1.54) is 6.07 Å². The molecule has 0 amide bonds. The number of nitrogens with zero attached hydrogens (tertiary/aromatic N) is 1. The van der Waals surface area contributed by atoms with Gasteiger partial charge in [-0.2, -0.15) is 0 Å². The van der Waals surface area contributed by atoms with Gasteiger partial charge in [0.2, 0.25) is 0 Å². The number of rotatable bonds is 3. The monoisotopic (exact) mass is 308 g/mol. The molecule has 18 heavy (non-hydrogen) atoms. The van der Waals surface area contributed by atoms with E-state index in [4.69, 9.17) is 0 Å². The van der Waals surface area contributed by atoms with Gasteiger partial charge in [-0.15, -0.1) is 0 Å². The fourth-order valence-electron chi connectivity index (χ4n) is 1.73. The normalized spacial score (nSPS) is 10.2. The lowest BCUT2D eigenvalue weighted by atomic mass is 10.2. The van der Waals surface area contributed by atoms with E-state index in [1.807, 2.05) is 43.3 Å². The summed E-state index contributed by atoms with van der Waals surface area (Å²) in [5.41, 5.74) is 2.51. The molecular formula is C14H14BrFN2. The molecule has 2 rings (SSSR count). The summed E-state index contributed by atoms with van der Waals surface area (Å²) in [4.78, 5) is 1.82. The van der Waals surface area contributed by atoms with Crippen LogP contribution in [0.15, 0.2) is 46.9 Å². The highest BCUT2D eigenvalue weighted by Crippen LogP contribution is 2.29. The molecule has 0 saturated heterocycles. The van der Waals surface area contributed by atoms with Crippen LogP contribution in [0, 0.1) is 5.82 Å². The summed E-state index contributed by atoms with van der Waals surface area (Å²) in [6.07, 6.45) is 0. The summed E-state index contributed by atoms with van der Waals surface area (Å²) in [5.74, 6) is -0.238. The third kappa shape index (κ3) is 2.64. The van der Waals surface area contributed by atoms with Crippen molar-refractivity contribution < 1.29 is 4.39 Å². The minimum atomic E-state index is -0.238. The molecule has 2 nitrogen and oxygen atoms in total. The van der Waals surface area contributed by atoms with E-state index >= 15 is 0 Å². The molecule has 0 unspecified atom stereocenters. The molecule has 0 bridgehead atoms. The maximum absolute atomic E-state index is 13.8. The van der Waals surface area contributed by atoms with E-state index in [-0.39, 0.29) is 5.82 Å². The lowest BCUT2D eigenvalue weighted by Gasteiger charge is -2.20. The summed E-state index contributed by atoms with van der Waals surface area (Å²) in [6.45, 7) is 0. The van der Waals surface area contributed by atoms with Crippen molar-refractivity contribution in [1.82, 2.24) is 0 Å². The molecule has 0 heterocycles. The number of nitrogens with one attached hydrogen (secondary N) is 1. The third-order valence-corrected chi connectivity index (χ3v) is 3.31. The van der Waals surface area contributed by atoms with E-state index in [0.29, 0.717) is 5.69 Å². The smallest absolute Gasteiger partial charge is 0.146 e. The molecule has 0 atom stereocenters. The Balaban J connectivity index is 2.34. The second kappa shape index (κ2) is 5.40. The molecular weight excluding hydrogens is 295 g/mol. The largest absolute Gasteiger partial charge is 0.388 e. The molecule has 0 aliphatic carbocycles. The molecule has 94 valence electrons. The van der Waals surface area contributed by atoms with Crippen molar-refractivity contribution in [2.24, 2.45) is 0 Å². The Bertz CT molecular complexity index is 540. The Morgan fingerprint density at radius 2 is 1.78 bits per heavy atom. The summed E-state index contributed by atoms with van der Waals surface area (Å²) in [6, 6.07) is 12.7.